The van der Waals surface area contributed by atoms with Gasteiger partial charge in [-0.3, -0.25) is 5.10 Å². The monoisotopic (exact) mass is 345 g/mol. The largest absolute Gasteiger partial charge is 0.456 e. The number of nitrogens with zero attached hydrogens (tertiary/aromatic N) is 1. The maximum Gasteiger partial charge on any atom is 0.359 e. The zero-order chi connectivity index (χ0) is 14.8. The van der Waals surface area contributed by atoms with Crippen LogP contribution in [0.15, 0.2) is 46.9 Å². The molecule has 0 saturated heterocycles. The van der Waals surface area contributed by atoms with Crippen LogP contribution in [0, 0.1) is 0 Å². The Balaban J connectivity index is 1.78. The standard InChI is InChI=1S/C15H12BrN3O2/c16-10-3-1-9(2-4-10)8-21-15(20)14-12-7-11(17)5-6-13(12)18-19-14/h1-7H,8,17H2,(H,18,19). The molecule has 0 radical (unpaired) electrons. The van der Waals surface area contributed by atoms with Crippen molar-refractivity contribution >= 4 is 38.5 Å². The summed E-state index contributed by atoms with van der Waals surface area (Å²) in [6.07, 6.45) is 0. The number of halogens is 1. The smallest absolute Gasteiger partial charge is 0.359 e. The van der Waals surface area contributed by atoms with Gasteiger partial charge in [0.1, 0.15) is 6.61 Å². The molecule has 3 aromatic rings. The zero-order valence-corrected chi connectivity index (χ0v) is 12.6. The van der Waals surface area contributed by atoms with E-state index in [2.05, 4.69) is 26.1 Å². The third-order valence-corrected chi connectivity index (χ3v) is 3.59. The van der Waals surface area contributed by atoms with Crippen LogP contribution in [-0.4, -0.2) is 16.2 Å². The predicted octanol–water partition coefficient (Wildman–Crippen LogP) is 3.26. The SMILES string of the molecule is Nc1ccc2[nH]nc(C(=O)OCc3ccc(Br)cc3)c2c1. The Hall–Kier alpha value is -2.34. The van der Waals surface area contributed by atoms with Crippen LogP contribution in [0.4, 0.5) is 5.69 Å². The maximum atomic E-state index is 12.1. The van der Waals surface area contributed by atoms with E-state index in [1.165, 1.54) is 0 Å². The molecule has 0 saturated carbocycles. The molecule has 3 rings (SSSR count). The van der Waals surface area contributed by atoms with Gasteiger partial charge in [0.05, 0.1) is 5.52 Å². The van der Waals surface area contributed by atoms with Gasteiger partial charge >= 0.3 is 5.97 Å². The average molecular weight is 346 g/mol. The van der Waals surface area contributed by atoms with E-state index in [-0.39, 0.29) is 12.3 Å². The van der Waals surface area contributed by atoms with E-state index in [9.17, 15) is 4.79 Å². The summed E-state index contributed by atoms with van der Waals surface area (Å²) < 4.78 is 6.26. The highest BCUT2D eigenvalue weighted by atomic mass is 79.9. The van der Waals surface area contributed by atoms with Crippen molar-refractivity contribution in [2.45, 2.75) is 6.61 Å². The second-order valence-electron chi connectivity index (χ2n) is 4.58. The molecule has 0 aliphatic carbocycles. The summed E-state index contributed by atoms with van der Waals surface area (Å²) >= 11 is 3.36. The molecule has 0 atom stereocenters. The van der Waals surface area contributed by atoms with Gasteiger partial charge in [-0.05, 0) is 35.9 Å². The lowest BCUT2D eigenvalue weighted by Crippen LogP contribution is -2.06. The van der Waals surface area contributed by atoms with Gasteiger partial charge in [-0.25, -0.2) is 4.79 Å². The van der Waals surface area contributed by atoms with E-state index >= 15 is 0 Å². The molecule has 0 fully saturated rings. The molecule has 1 aromatic heterocycles. The van der Waals surface area contributed by atoms with Gasteiger partial charge in [0.2, 0.25) is 0 Å². The third kappa shape index (κ3) is 2.90. The Labute approximate surface area is 129 Å². The Morgan fingerprint density at radius 2 is 2.00 bits per heavy atom. The predicted molar refractivity (Wildman–Crippen MR) is 83.8 cm³/mol. The minimum absolute atomic E-state index is 0.197. The number of fused-ring (bicyclic) bond motifs is 1. The summed E-state index contributed by atoms with van der Waals surface area (Å²) in [7, 11) is 0. The Morgan fingerprint density at radius 1 is 1.24 bits per heavy atom. The van der Waals surface area contributed by atoms with Crippen LogP contribution < -0.4 is 5.73 Å². The first kappa shape index (κ1) is 13.6. The number of hydrogen-bond donors (Lipinski definition) is 2. The molecule has 0 aliphatic heterocycles. The average Bonchev–Trinajstić information content (AvgIpc) is 2.89. The number of carbonyl (C=O) groups is 1. The molecule has 3 N–H and O–H groups in total. The highest BCUT2D eigenvalue weighted by Crippen LogP contribution is 2.20. The van der Waals surface area contributed by atoms with Gasteiger partial charge in [0.15, 0.2) is 5.69 Å². The van der Waals surface area contributed by atoms with Crippen LogP contribution in [-0.2, 0) is 11.3 Å². The molecule has 2 aromatic carbocycles. The zero-order valence-electron chi connectivity index (χ0n) is 11.0. The summed E-state index contributed by atoms with van der Waals surface area (Å²) in [6.45, 7) is 0.197. The Morgan fingerprint density at radius 3 is 2.76 bits per heavy atom. The van der Waals surface area contributed by atoms with E-state index in [4.69, 9.17) is 10.5 Å². The van der Waals surface area contributed by atoms with Crippen molar-refractivity contribution in [1.29, 1.82) is 0 Å². The van der Waals surface area contributed by atoms with E-state index in [1.807, 2.05) is 24.3 Å². The normalized spacial score (nSPS) is 10.7. The minimum Gasteiger partial charge on any atom is -0.456 e. The number of esters is 1. The van der Waals surface area contributed by atoms with Gasteiger partial charge in [0, 0.05) is 15.5 Å². The van der Waals surface area contributed by atoms with Crippen molar-refractivity contribution in [3.63, 3.8) is 0 Å². The molecule has 0 spiro atoms. The van der Waals surface area contributed by atoms with Crippen molar-refractivity contribution in [2.24, 2.45) is 0 Å². The summed E-state index contributed by atoms with van der Waals surface area (Å²) in [4.78, 5) is 12.1. The van der Waals surface area contributed by atoms with Crippen LogP contribution in [0.1, 0.15) is 16.1 Å². The first-order valence-electron chi connectivity index (χ1n) is 6.28. The number of ether oxygens (including phenoxy) is 1. The molecule has 1 heterocycles. The van der Waals surface area contributed by atoms with Gasteiger partial charge in [-0.2, -0.15) is 5.10 Å². The number of nitrogens with two attached hydrogens (primary N) is 1. The van der Waals surface area contributed by atoms with Crippen LogP contribution in [0.25, 0.3) is 10.9 Å². The lowest BCUT2D eigenvalue weighted by molar-refractivity contribution is 0.0468. The first-order valence-corrected chi connectivity index (χ1v) is 7.08. The van der Waals surface area contributed by atoms with Gasteiger partial charge in [0.25, 0.3) is 0 Å². The molecule has 6 heteroatoms. The van der Waals surface area contributed by atoms with Gasteiger partial charge in [-0.15, -0.1) is 0 Å². The van der Waals surface area contributed by atoms with Crippen molar-refractivity contribution in [3.05, 3.63) is 58.2 Å². The second-order valence-corrected chi connectivity index (χ2v) is 5.50. The quantitative estimate of drug-likeness (QED) is 0.563. The number of aromatic nitrogens is 2. The minimum atomic E-state index is -0.477. The molecular weight excluding hydrogens is 334 g/mol. The number of carbonyl (C=O) groups excluding carboxylic acids is 1. The molecule has 21 heavy (non-hydrogen) atoms. The Kier molecular flexibility index (Phi) is 3.62. The molecule has 106 valence electrons. The van der Waals surface area contributed by atoms with Crippen LogP contribution in [0.3, 0.4) is 0 Å². The lowest BCUT2D eigenvalue weighted by atomic mass is 10.2. The fourth-order valence-electron chi connectivity index (χ4n) is 1.99. The Bertz CT molecular complexity index is 796. The summed E-state index contributed by atoms with van der Waals surface area (Å²) in [6, 6.07) is 12.8. The van der Waals surface area contributed by atoms with Crippen LogP contribution in [0.2, 0.25) is 0 Å². The molecule has 5 nitrogen and oxygen atoms in total. The summed E-state index contributed by atoms with van der Waals surface area (Å²) in [5, 5.41) is 7.45. The number of hydrogen-bond acceptors (Lipinski definition) is 4. The number of anilines is 1. The first-order chi connectivity index (χ1) is 10.1. The number of aromatic amines is 1. The highest BCUT2D eigenvalue weighted by molar-refractivity contribution is 9.10. The van der Waals surface area contributed by atoms with E-state index in [1.54, 1.807) is 18.2 Å². The summed E-state index contributed by atoms with van der Waals surface area (Å²) in [5.74, 6) is -0.477. The number of nitrogens with one attached hydrogen (secondary N) is 1. The van der Waals surface area contributed by atoms with E-state index in [0.29, 0.717) is 11.1 Å². The third-order valence-electron chi connectivity index (χ3n) is 3.06. The summed E-state index contributed by atoms with van der Waals surface area (Å²) in [5.41, 5.74) is 8.21. The lowest BCUT2D eigenvalue weighted by Gasteiger charge is -2.03. The molecule has 0 bridgehead atoms. The molecule has 0 unspecified atom stereocenters. The number of nitrogen functional groups attached to an aromatic ring is 1. The number of benzene rings is 2. The van der Waals surface area contributed by atoms with Crippen LogP contribution in [0.5, 0.6) is 0 Å². The van der Waals surface area contributed by atoms with Crippen molar-refractivity contribution < 1.29 is 9.53 Å². The fraction of sp³-hybridized carbons (Fsp3) is 0.0667. The number of H-pyrrole nitrogens is 1. The van der Waals surface area contributed by atoms with Crippen LogP contribution >= 0.6 is 15.9 Å². The molecule has 0 aliphatic rings. The molecule has 0 amide bonds. The van der Waals surface area contributed by atoms with Gasteiger partial charge < -0.3 is 10.5 Å². The maximum absolute atomic E-state index is 12.1. The van der Waals surface area contributed by atoms with Crippen molar-refractivity contribution in [2.75, 3.05) is 5.73 Å². The van der Waals surface area contributed by atoms with E-state index < -0.39 is 5.97 Å². The molecular formula is C15H12BrN3O2. The number of rotatable bonds is 3. The van der Waals surface area contributed by atoms with Crippen molar-refractivity contribution in [3.8, 4) is 0 Å². The fourth-order valence-corrected chi connectivity index (χ4v) is 2.25. The van der Waals surface area contributed by atoms with E-state index in [0.717, 1.165) is 15.6 Å². The highest BCUT2D eigenvalue weighted by Gasteiger charge is 2.15. The van der Waals surface area contributed by atoms with Gasteiger partial charge in [-0.1, -0.05) is 28.1 Å². The second kappa shape index (κ2) is 5.57. The topological polar surface area (TPSA) is 81.0 Å². The van der Waals surface area contributed by atoms with Crippen molar-refractivity contribution in [1.82, 2.24) is 10.2 Å².